The van der Waals surface area contributed by atoms with E-state index < -0.39 is 5.97 Å². The SMILES string of the molecule is Cc1ccc(C)c(OC(=O)c2cccc(N3C(=O)[C@H]4[C@H](C3=O)[C@H]3C=C[C@H]4C3)c2)c1. The molecule has 1 saturated carbocycles. The number of allylic oxidation sites excluding steroid dienone is 2. The largest absolute Gasteiger partial charge is 0.423 e. The van der Waals surface area contributed by atoms with E-state index in [0.717, 1.165) is 17.5 Å². The first-order valence-corrected chi connectivity index (χ1v) is 9.89. The number of esters is 1. The number of hydrogen-bond donors (Lipinski definition) is 0. The van der Waals surface area contributed by atoms with Crippen molar-refractivity contribution in [1.82, 2.24) is 0 Å². The normalized spacial score (nSPS) is 26.9. The molecule has 2 fully saturated rings. The first-order valence-electron chi connectivity index (χ1n) is 9.89. The zero-order valence-electron chi connectivity index (χ0n) is 16.3. The van der Waals surface area contributed by atoms with Crippen LogP contribution < -0.4 is 9.64 Å². The summed E-state index contributed by atoms with van der Waals surface area (Å²) in [5.74, 6) is -0.528. The maximum atomic E-state index is 13.0. The third-order valence-electron chi connectivity index (χ3n) is 6.36. The van der Waals surface area contributed by atoms with Crippen molar-refractivity contribution in [2.45, 2.75) is 20.3 Å². The molecular formula is C24H21NO4. The van der Waals surface area contributed by atoms with Gasteiger partial charge in [-0.15, -0.1) is 0 Å². The molecule has 2 bridgehead atoms. The van der Waals surface area contributed by atoms with E-state index >= 15 is 0 Å². The maximum Gasteiger partial charge on any atom is 0.343 e. The highest BCUT2D eigenvalue weighted by molar-refractivity contribution is 6.23. The van der Waals surface area contributed by atoms with E-state index in [1.54, 1.807) is 24.3 Å². The van der Waals surface area contributed by atoms with Crippen LogP contribution >= 0.6 is 0 Å². The van der Waals surface area contributed by atoms with E-state index in [0.29, 0.717) is 17.0 Å². The monoisotopic (exact) mass is 387 g/mol. The highest BCUT2D eigenvalue weighted by atomic mass is 16.5. The number of hydrogen-bond acceptors (Lipinski definition) is 4. The Morgan fingerprint density at radius 2 is 1.66 bits per heavy atom. The molecule has 5 heteroatoms. The molecule has 1 heterocycles. The predicted octanol–water partition coefficient (Wildman–Crippen LogP) is 3.83. The summed E-state index contributed by atoms with van der Waals surface area (Å²) in [5, 5.41) is 0. The van der Waals surface area contributed by atoms with E-state index in [2.05, 4.69) is 12.2 Å². The molecule has 2 aliphatic carbocycles. The molecule has 5 rings (SSSR count). The van der Waals surface area contributed by atoms with Crippen molar-refractivity contribution in [2.24, 2.45) is 23.7 Å². The molecule has 0 aromatic heterocycles. The van der Waals surface area contributed by atoms with Gasteiger partial charge in [-0.05, 0) is 67.5 Å². The molecule has 0 spiro atoms. The van der Waals surface area contributed by atoms with Crippen molar-refractivity contribution in [3.05, 3.63) is 71.3 Å². The third kappa shape index (κ3) is 2.72. The molecule has 4 atom stereocenters. The van der Waals surface area contributed by atoms with Gasteiger partial charge in [-0.2, -0.15) is 0 Å². The van der Waals surface area contributed by atoms with Crippen LogP contribution in [0.1, 0.15) is 27.9 Å². The second kappa shape index (κ2) is 6.41. The number of imide groups is 1. The Morgan fingerprint density at radius 1 is 0.966 bits per heavy atom. The number of nitrogens with zero attached hydrogens (tertiary/aromatic N) is 1. The lowest BCUT2D eigenvalue weighted by molar-refractivity contribution is -0.123. The Balaban J connectivity index is 1.42. The van der Waals surface area contributed by atoms with Crippen molar-refractivity contribution in [1.29, 1.82) is 0 Å². The molecule has 2 aromatic carbocycles. The second-order valence-corrected chi connectivity index (χ2v) is 8.22. The average molecular weight is 387 g/mol. The van der Waals surface area contributed by atoms with E-state index in [9.17, 15) is 14.4 Å². The van der Waals surface area contributed by atoms with Crippen molar-refractivity contribution in [3.8, 4) is 5.75 Å². The molecule has 1 saturated heterocycles. The van der Waals surface area contributed by atoms with Crippen LogP contribution in [-0.4, -0.2) is 17.8 Å². The summed E-state index contributed by atoms with van der Waals surface area (Å²) in [6.07, 6.45) is 5.03. The number of ether oxygens (including phenoxy) is 1. The number of aryl methyl sites for hydroxylation is 2. The summed E-state index contributed by atoms with van der Waals surface area (Å²) >= 11 is 0. The highest BCUT2D eigenvalue weighted by Crippen LogP contribution is 2.53. The van der Waals surface area contributed by atoms with Gasteiger partial charge < -0.3 is 4.74 Å². The zero-order valence-corrected chi connectivity index (χ0v) is 16.3. The molecule has 29 heavy (non-hydrogen) atoms. The van der Waals surface area contributed by atoms with Crippen LogP contribution in [0.4, 0.5) is 5.69 Å². The number of carbonyl (C=O) groups excluding carboxylic acids is 3. The predicted molar refractivity (Wildman–Crippen MR) is 108 cm³/mol. The van der Waals surface area contributed by atoms with Crippen LogP contribution in [0.5, 0.6) is 5.75 Å². The number of carbonyl (C=O) groups is 3. The van der Waals surface area contributed by atoms with Gasteiger partial charge >= 0.3 is 5.97 Å². The minimum absolute atomic E-state index is 0.156. The van der Waals surface area contributed by atoms with Gasteiger partial charge in [-0.1, -0.05) is 30.4 Å². The fourth-order valence-corrected chi connectivity index (χ4v) is 4.90. The van der Waals surface area contributed by atoms with Gasteiger partial charge in [0.25, 0.3) is 0 Å². The lowest BCUT2D eigenvalue weighted by Crippen LogP contribution is -2.33. The average Bonchev–Trinajstić information content (AvgIpc) is 3.38. The molecule has 0 N–H and O–H groups in total. The van der Waals surface area contributed by atoms with Gasteiger partial charge in [0, 0.05) is 0 Å². The molecule has 0 radical (unpaired) electrons. The van der Waals surface area contributed by atoms with Gasteiger partial charge in [-0.25, -0.2) is 9.69 Å². The Kier molecular flexibility index (Phi) is 3.95. The minimum atomic E-state index is -0.512. The van der Waals surface area contributed by atoms with E-state index in [-0.39, 0.29) is 35.5 Å². The Labute approximate surface area is 169 Å². The van der Waals surface area contributed by atoms with Crippen LogP contribution in [0.25, 0.3) is 0 Å². The van der Waals surface area contributed by atoms with Gasteiger partial charge in [0.05, 0.1) is 23.1 Å². The molecule has 0 unspecified atom stereocenters. The van der Waals surface area contributed by atoms with Gasteiger partial charge in [0.2, 0.25) is 11.8 Å². The molecule has 2 aromatic rings. The quantitative estimate of drug-likeness (QED) is 0.347. The molecule has 1 aliphatic heterocycles. The van der Waals surface area contributed by atoms with E-state index in [1.165, 1.54) is 4.90 Å². The summed E-state index contributed by atoms with van der Waals surface area (Å²) in [5.41, 5.74) is 2.60. The van der Waals surface area contributed by atoms with Crippen molar-refractivity contribution < 1.29 is 19.1 Å². The molecule has 2 amide bonds. The lowest BCUT2D eigenvalue weighted by atomic mass is 9.85. The van der Waals surface area contributed by atoms with Crippen LogP contribution in [0, 0.1) is 37.5 Å². The standard InChI is InChI=1S/C24H21NO4/c1-13-6-7-14(2)19(10-13)29-24(28)17-4-3-5-18(12-17)25-22(26)20-15-8-9-16(11-15)21(20)23(25)27/h3-10,12,15-16,20-21H,11H2,1-2H3/t15-,16-,20+,21+/m0/s1. The van der Waals surface area contributed by atoms with Crippen molar-refractivity contribution in [2.75, 3.05) is 4.90 Å². The summed E-state index contributed by atoms with van der Waals surface area (Å²) < 4.78 is 5.56. The van der Waals surface area contributed by atoms with Gasteiger partial charge in [0.15, 0.2) is 0 Å². The molecule has 3 aliphatic rings. The molecular weight excluding hydrogens is 366 g/mol. The van der Waals surface area contributed by atoms with Crippen molar-refractivity contribution >= 4 is 23.5 Å². The molecule has 146 valence electrons. The van der Waals surface area contributed by atoms with Crippen LogP contribution in [-0.2, 0) is 9.59 Å². The zero-order chi connectivity index (χ0) is 20.3. The smallest absolute Gasteiger partial charge is 0.343 e. The van der Waals surface area contributed by atoms with Crippen molar-refractivity contribution in [3.63, 3.8) is 0 Å². The topological polar surface area (TPSA) is 63.7 Å². The number of anilines is 1. The van der Waals surface area contributed by atoms with E-state index in [4.69, 9.17) is 4.74 Å². The first kappa shape index (κ1) is 17.9. The summed E-state index contributed by atoms with van der Waals surface area (Å²) in [4.78, 5) is 40.0. The Hall–Kier alpha value is -3.21. The fraction of sp³-hybridized carbons (Fsp3) is 0.292. The lowest BCUT2D eigenvalue weighted by Gasteiger charge is -2.18. The van der Waals surface area contributed by atoms with Crippen LogP contribution in [0.2, 0.25) is 0 Å². The number of benzene rings is 2. The fourth-order valence-electron chi connectivity index (χ4n) is 4.90. The summed E-state index contributed by atoms with van der Waals surface area (Å²) in [6, 6.07) is 12.2. The number of rotatable bonds is 3. The highest BCUT2D eigenvalue weighted by Gasteiger charge is 2.59. The first-order chi connectivity index (χ1) is 13.9. The van der Waals surface area contributed by atoms with Gasteiger partial charge in [0.1, 0.15) is 5.75 Å². The summed E-state index contributed by atoms with van der Waals surface area (Å²) in [6.45, 7) is 3.81. The van der Waals surface area contributed by atoms with Crippen LogP contribution in [0.3, 0.4) is 0 Å². The maximum absolute atomic E-state index is 13.0. The molecule has 5 nitrogen and oxygen atoms in total. The van der Waals surface area contributed by atoms with Crippen LogP contribution in [0.15, 0.2) is 54.6 Å². The minimum Gasteiger partial charge on any atom is -0.423 e. The second-order valence-electron chi connectivity index (χ2n) is 8.22. The third-order valence-corrected chi connectivity index (χ3v) is 6.36. The number of fused-ring (bicyclic) bond motifs is 5. The Morgan fingerprint density at radius 3 is 2.34 bits per heavy atom. The number of amides is 2. The Bertz CT molecular complexity index is 1060. The summed E-state index contributed by atoms with van der Waals surface area (Å²) in [7, 11) is 0. The van der Waals surface area contributed by atoms with Gasteiger partial charge in [-0.3, -0.25) is 9.59 Å². The van der Waals surface area contributed by atoms with E-state index in [1.807, 2.05) is 32.0 Å².